The summed E-state index contributed by atoms with van der Waals surface area (Å²) in [6.45, 7) is 3.98. The van der Waals surface area contributed by atoms with Crippen LogP contribution in [0.25, 0.3) is 0 Å². The van der Waals surface area contributed by atoms with Crippen LogP contribution in [0.5, 0.6) is 0 Å². The van der Waals surface area contributed by atoms with Gasteiger partial charge in [-0.05, 0) is 31.7 Å². The molecule has 9 heteroatoms. The monoisotopic (exact) mass is 476 g/mol. The Balaban J connectivity index is 0.00000576. The molecule has 0 saturated heterocycles. The van der Waals surface area contributed by atoms with Crippen LogP contribution in [0, 0.1) is 5.82 Å². The molecule has 0 spiro atoms. The van der Waals surface area contributed by atoms with E-state index in [0.717, 1.165) is 5.56 Å². The van der Waals surface area contributed by atoms with E-state index in [9.17, 15) is 17.6 Å². The summed E-state index contributed by atoms with van der Waals surface area (Å²) in [5.74, 6) is 0.102. The summed E-state index contributed by atoms with van der Waals surface area (Å²) in [4.78, 5) is 5.93. The van der Waals surface area contributed by atoms with E-state index in [4.69, 9.17) is 0 Å². The van der Waals surface area contributed by atoms with Crippen molar-refractivity contribution in [3.05, 3.63) is 35.6 Å². The van der Waals surface area contributed by atoms with Crippen molar-refractivity contribution in [2.24, 2.45) is 4.99 Å². The van der Waals surface area contributed by atoms with Gasteiger partial charge < -0.3 is 15.5 Å². The Hall–Kier alpha value is -1.10. The molecule has 2 N–H and O–H groups in total. The molecular formula is C16H25F4IN4. The van der Waals surface area contributed by atoms with E-state index in [2.05, 4.69) is 15.6 Å². The van der Waals surface area contributed by atoms with Gasteiger partial charge in [-0.25, -0.2) is 4.39 Å². The summed E-state index contributed by atoms with van der Waals surface area (Å²) in [7, 11) is 1.92. The number of likely N-dealkylation sites (N-methyl/N-ethyl adjacent to an activating group) is 1. The smallest absolute Gasteiger partial charge is 0.357 e. The van der Waals surface area contributed by atoms with Gasteiger partial charge in [0.1, 0.15) is 5.82 Å². The van der Waals surface area contributed by atoms with Gasteiger partial charge in [0.2, 0.25) is 0 Å². The molecule has 0 aliphatic heterocycles. The van der Waals surface area contributed by atoms with Crippen molar-refractivity contribution in [2.75, 3.05) is 33.2 Å². The van der Waals surface area contributed by atoms with Crippen LogP contribution in [0.1, 0.15) is 18.9 Å². The Kier molecular flexibility index (Phi) is 11.7. The highest BCUT2D eigenvalue weighted by atomic mass is 127. The molecule has 0 atom stereocenters. The highest BCUT2D eigenvalue weighted by molar-refractivity contribution is 14.0. The third kappa shape index (κ3) is 12.0. The maximum Gasteiger partial charge on any atom is 0.390 e. The van der Waals surface area contributed by atoms with Gasteiger partial charge in [0.25, 0.3) is 0 Å². The molecule has 0 fully saturated rings. The van der Waals surface area contributed by atoms with Crippen LogP contribution in [0.15, 0.2) is 29.3 Å². The molecule has 0 bridgehead atoms. The first-order valence-electron chi connectivity index (χ1n) is 7.82. The fraction of sp³-hybridized carbons (Fsp3) is 0.562. The lowest BCUT2D eigenvalue weighted by molar-refractivity contribution is -0.132. The fourth-order valence-electron chi connectivity index (χ4n) is 1.98. The van der Waals surface area contributed by atoms with E-state index in [0.29, 0.717) is 32.1 Å². The molecule has 0 amide bonds. The summed E-state index contributed by atoms with van der Waals surface area (Å²) >= 11 is 0. The Morgan fingerprint density at radius 1 is 1.16 bits per heavy atom. The predicted octanol–water partition coefficient (Wildman–Crippen LogP) is 3.38. The van der Waals surface area contributed by atoms with E-state index in [-0.39, 0.29) is 36.3 Å². The lowest BCUT2D eigenvalue weighted by atomic mass is 10.2. The van der Waals surface area contributed by atoms with Crippen molar-refractivity contribution in [1.29, 1.82) is 0 Å². The lowest BCUT2D eigenvalue weighted by Gasteiger charge is -2.18. The van der Waals surface area contributed by atoms with Gasteiger partial charge in [-0.3, -0.25) is 4.99 Å². The summed E-state index contributed by atoms with van der Waals surface area (Å²) in [6.07, 6.45) is -5.13. The molecule has 0 aliphatic carbocycles. The maximum absolute atomic E-state index is 12.8. The molecule has 0 heterocycles. The second-order valence-electron chi connectivity index (χ2n) is 5.42. The van der Waals surface area contributed by atoms with Crippen molar-refractivity contribution in [1.82, 2.24) is 15.5 Å². The van der Waals surface area contributed by atoms with E-state index in [1.165, 1.54) is 12.1 Å². The van der Waals surface area contributed by atoms with Gasteiger partial charge in [-0.2, -0.15) is 13.2 Å². The molecule has 1 aromatic rings. The van der Waals surface area contributed by atoms with Crippen LogP contribution in [0.4, 0.5) is 17.6 Å². The number of nitrogens with zero attached hydrogens (tertiary/aromatic N) is 2. The van der Waals surface area contributed by atoms with Gasteiger partial charge in [-0.15, -0.1) is 24.0 Å². The highest BCUT2D eigenvalue weighted by Crippen LogP contribution is 2.18. The number of hydrogen-bond acceptors (Lipinski definition) is 2. The molecular weight excluding hydrogens is 451 g/mol. The Labute approximate surface area is 163 Å². The van der Waals surface area contributed by atoms with Gasteiger partial charge in [0.15, 0.2) is 5.96 Å². The maximum atomic E-state index is 12.8. The molecule has 0 aliphatic rings. The number of nitrogens with one attached hydrogen (secondary N) is 2. The topological polar surface area (TPSA) is 39.7 Å². The van der Waals surface area contributed by atoms with Crippen molar-refractivity contribution >= 4 is 29.9 Å². The first-order chi connectivity index (χ1) is 11.3. The minimum absolute atomic E-state index is 0. The zero-order valence-corrected chi connectivity index (χ0v) is 16.7. The fourth-order valence-corrected chi connectivity index (χ4v) is 1.98. The first-order valence-corrected chi connectivity index (χ1v) is 7.82. The number of benzene rings is 1. The Morgan fingerprint density at radius 2 is 1.80 bits per heavy atom. The zero-order valence-electron chi connectivity index (χ0n) is 14.4. The number of alkyl halides is 3. The number of guanidine groups is 1. The molecule has 0 radical (unpaired) electrons. The Morgan fingerprint density at radius 3 is 2.36 bits per heavy atom. The molecule has 1 aromatic carbocycles. The van der Waals surface area contributed by atoms with Crippen molar-refractivity contribution < 1.29 is 17.6 Å². The molecule has 1 rings (SSSR count). The van der Waals surface area contributed by atoms with Crippen LogP contribution < -0.4 is 10.6 Å². The summed E-state index contributed by atoms with van der Waals surface area (Å²) in [6, 6.07) is 6.28. The lowest BCUT2D eigenvalue weighted by Crippen LogP contribution is -2.41. The molecule has 4 nitrogen and oxygen atoms in total. The van der Waals surface area contributed by atoms with Gasteiger partial charge in [0.05, 0.1) is 13.0 Å². The summed E-state index contributed by atoms with van der Waals surface area (Å²) in [5.41, 5.74) is 0.990. The van der Waals surface area contributed by atoms with Gasteiger partial charge >= 0.3 is 6.18 Å². The molecule has 144 valence electrons. The zero-order chi connectivity index (χ0) is 18.0. The third-order valence-corrected chi connectivity index (χ3v) is 3.16. The normalized spacial score (nSPS) is 12.0. The van der Waals surface area contributed by atoms with Crippen LogP contribution >= 0.6 is 24.0 Å². The minimum Gasteiger partial charge on any atom is -0.357 e. The number of rotatable bonds is 8. The highest BCUT2D eigenvalue weighted by Gasteiger charge is 2.26. The molecule has 0 aromatic heterocycles. The molecule has 0 unspecified atom stereocenters. The van der Waals surface area contributed by atoms with Gasteiger partial charge in [-0.1, -0.05) is 12.1 Å². The Bertz CT molecular complexity index is 506. The van der Waals surface area contributed by atoms with Crippen molar-refractivity contribution in [2.45, 2.75) is 26.1 Å². The molecule has 25 heavy (non-hydrogen) atoms. The van der Waals surface area contributed by atoms with E-state index < -0.39 is 12.6 Å². The average molecular weight is 476 g/mol. The second-order valence-corrected chi connectivity index (χ2v) is 5.42. The predicted molar refractivity (Wildman–Crippen MR) is 103 cm³/mol. The number of hydrogen-bond donors (Lipinski definition) is 2. The van der Waals surface area contributed by atoms with Crippen LogP contribution in [-0.4, -0.2) is 50.3 Å². The SMILES string of the molecule is CCNC(=NCCC(F)(F)F)NCCN(C)Cc1ccc(F)cc1.I. The van der Waals surface area contributed by atoms with E-state index >= 15 is 0 Å². The third-order valence-electron chi connectivity index (χ3n) is 3.16. The summed E-state index contributed by atoms with van der Waals surface area (Å²) in [5, 5.41) is 5.91. The largest absolute Gasteiger partial charge is 0.390 e. The number of aliphatic imine (C=N–C) groups is 1. The van der Waals surface area contributed by atoms with Crippen LogP contribution in [0.2, 0.25) is 0 Å². The van der Waals surface area contributed by atoms with Crippen molar-refractivity contribution in [3.8, 4) is 0 Å². The standard InChI is InChI=1S/C16H24F4N4.HI/c1-3-21-15(22-9-8-16(18,19)20)23-10-11-24(2)12-13-4-6-14(17)7-5-13;/h4-7H,3,8-12H2,1-2H3,(H2,21,22,23);1H. The number of halogens is 5. The van der Waals surface area contributed by atoms with Gasteiger partial charge in [0, 0.05) is 26.2 Å². The summed E-state index contributed by atoms with van der Waals surface area (Å²) < 4.78 is 49.3. The first kappa shape index (κ1) is 23.9. The quantitative estimate of drug-likeness (QED) is 0.262. The molecule has 0 saturated carbocycles. The van der Waals surface area contributed by atoms with Crippen molar-refractivity contribution in [3.63, 3.8) is 0 Å². The van der Waals surface area contributed by atoms with Crippen LogP contribution in [0.3, 0.4) is 0 Å². The second kappa shape index (κ2) is 12.3. The van der Waals surface area contributed by atoms with E-state index in [1.807, 2.05) is 18.9 Å². The van der Waals surface area contributed by atoms with Crippen LogP contribution in [-0.2, 0) is 6.54 Å². The van der Waals surface area contributed by atoms with E-state index in [1.54, 1.807) is 12.1 Å². The average Bonchev–Trinajstić information content (AvgIpc) is 2.48. The minimum atomic E-state index is -4.20.